The third-order valence-corrected chi connectivity index (χ3v) is 14.6. The number of pyridine rings is 1. The highest BCUT2D eigenvalue weighted by atomic mass is 19.1. The number of aryl methyl sites for hydroxylation is 1. The number of nitrogens with zero attached hydrogens (tertiary/aromatic N) is 10. The molecule has 2 spiro atoms. The number of aliphatic hydroxyl groups excluding tert-OH is 3. The zero-order chi connectivity index (χ0) is 42.9. The highest BCUT2D eigenvalue weighted by Gasteiger charge is 2.59. The molecule has 8 aromatic rings. The van der Waals surface area contributed by atoms with Crippen LogP contribution in [0.5, 0.6) is 0 Å². The molecular weight excluding hydrogens is 812 g/mol. The fourth-order valence-electron chi connectivity index (χ4n) is 11.2. The van der Waals surface area contributed by atoms with Crippen molar-refractivity contribution in [2.75, 3.05) is 24.7 Å². The summed E-state index contributed by atoms with van der Waals surface area (Å²) in [5.74, 6) is 0.316. The minimum absolute atomic E-state index is 0.0778. The van der Waals surface area contributed by atoms with Crippen molar-refractivity contribution in [3.05, 3.63) is 103 Å². The Morgan fingerprint density at radius 3 is 2.21 bits per heavy atom. The van der Waals surface area contributed by atoms with E-state index in [0.29, 0.717) is 70.6 Å². The fraction of sp³-hybridized carbons (Fsp3) is 0.409. The van der Waals surface area contributed by atoms with Gasteiger partial charge in [-0.05, 0) is 68.5 Å². The highest BCUT2D eigenvalue weighted by Crippen LogP contribution is 2.57. The van der Waals surface area contributed by atoms with Crippen molar-refractivity contribution in [1.82, 2.24) is 48.0 Å². The lowest BCUT2D eigenvalue weighted by atomic mass is 9.80. The molecule has 324 valence electrons. The first-order valence-corrected chi connectivity index (χ1v) is 21.1. The average Bonchev–Trinajstić information content (AvgIpc) is 4.16. The molecule has 10 atom stereocenters. The molecule has 18 nitrogen and oxygen atoms in total. The lowest BCUT2D eigenvalue weighted by Gasteiger charge is -2.28. The summed E-state index contributed by atoms with van der Waals surface area (Å²) in [6.45, 7) is 2.43. The van der Waals surface area contributed by atoms with Crippen LogP contribution in [0.2, 0.25) is 0 Å². The second-order valence-corrected chi connectivity index (χ2v) is 18.0. The van der Waals surface area contributed by atoms with Crippen LogP contribution in [-0.2, 0) is 20.9 Å². The summed E-state index contributed by atoms with van der Waals surface area (Å²) in [7, 11) is 0. The lowest BCUT2D eigenvalue weighted by Crippen LogP contribution is -2.39. The normalized spacial score (nSPS) is 30.8. The molecule has 4 aliphatic rings. The predicted octanol–water partition coefficient (Wildman–Crippen LogP) is 4.10. The monoisotopic (exact) mass is 856 g/mol. The summed E-state index contributed by atoms with van der Waals surface area (Å²) < 4.78 is 42.5. The van der Waals surface area contributed by atoms with Crippen molar-refractivity contribution in [1.29, 1.82) is 0 Å². The second-order valence-electron chi connectivity index (χ2n) is 18.0. The van der Waals surface area contributed by atoms with Gasteiger partial charge in [-0.2, -0.15) is 0 Å². The Morgan fingerprint density at radius 1 is 0.794 bits per heavy atom. The van der Waals surface area contributed by atoms with E-state index in [2.05, 4.69) is 24.9 Å². The Balaban J connectivity index is 0.792. The van der Waals surface area contributed by atoms with E-state index >= 15 is 4.39 Å². The van der Waals surface area contributed by atoms with Gasteiger partial charge in [0, 0.05) is 46.9 Å². The minimum Gasteiger partial charge on any atom is -0.390 e. The molecule has 7 aromatic heterocycles. The van der Waals surface area contributed by atoms with Gasteiger partial charge in [0.15, 0.2) is 0 Å². The third kappa shape index (κ3) is 5.76. The van der Waals surface area contributed by atoms with Crippen molar-refractivity contribution in [2.45, 2.75) is 88.0 Å². The molecule has 0 bridgehead atoms. The number of nitrogen functional groups attached to an aromatic ring is 2. The van der Waals surface area contributed by atoms with Gasteiger partial charge in [0.2, 0.25) is 0 Å². The zero-order valence-corrected chi connectivity index (χ0v) is 34.1. The zero-order valence-electron chi connectivity index (χ0n) is 34.1. The third-order valence-electron chi connectivity index (χ3n) is 14.6. The van der Waals surface area contributed by atoms with Gasteiger partial charge >= 0.3 is 0 Å². The first-order chi connectivity index (χ1) is 30.5. The van der Waals surface area contributed by atoms with Gasteiger partial charge in [-0.3, -0.25) is 0 Å². The molecule has 0 amide bonds. The van der Waals surface area contributed by atoms with Crippen LogP contribution < -0.4 is 11.5 Å². The smallest absolute Gasteiger partial charge is 0.145 e. The minimum atomic E-state index is -1.03. The number of hydrogen-bond acceptors (Lipinski definition) is 14. The molecular formula is C44H45FN12O6. The molecule has 2 saturated heterocycles. The summed E-state index contributed by atoms with van der Waals surface area (Å²) in [6, 6.07) is 10.6. The van der Waals surface area contributed by atoms with Gasteiger partial charge < -0.3 is 59.1 Å². The van der Waals surface area contributed by atoms with Crippen molar-refractivity contribution < 1.29 is 33.9 Å². The van der Waals surface area contributed by atoms with Gasteiger partial charge in [-0.1, -0.05) is 6.07 Å². The number of imidazole rings is 2. The molecule has 7 N–H and O–H groups in total. The van der Waals surface area contributed by atoms with Gasteiger partial charge in [-0.25, -0.2) is 34.3 Å². The summed E-state index contributed by atoms with van der Waals surface area (Å²) >= 11 is 0. The van der Waals surface area contributed by atoms with Gasteiger partial charge in [0.25, 0.3) is 0 Å². The van der Waals surface area contributed by atoms with Crippen molar-refractivity contribution >= 4 is 50.4 Å². The predicted molar refractivity (Wildman–Crippen MR) is 225 cm³/mol. The Bertz CT molecular complexity index is 3090. The second kappa shape index (κ2) is 14.0. The van der Waals surface area contributed by atoms with Crippen molar-refractivity contribution in [3.63, 3.8) is 0 Å². The Morgan fingerprint density at radius 2 is 1.46 bits per heavy atom. The number of rotatable bonds is 7. The molecule has 2 saturated carbocycles. The first-order valence-electron chi connectivity index (χ1n) is 21.1. The number of nitrogens with two attached hydrogens (primary N) is 2. The Kier molecular flexibility index (Phi) is 8.54. The van der Waals surface area contributed by atoms with E-state index in [4.69, 9.17) is 30.7 Å². The Hall–Kier alpha value is -6.09. The molecule has 9 heterocycles. The summed E-state index contributed by atoms with van der Waals surface area (Å²) in [5, 5.41) is 36.5. The number of hydrogen-bond donors (Lipinski definition) is 5. The number of aromatic nitrogens is 10. The largest absolute Gasteiger partial charge is 0.390 e. The quantitative estimate of drug-likeness (QED) is 0.152. The average molecular weight is 857 g/mol. The molecule has 1 aromatic carbocycles. The van der Waals surface area contributed by atoms with Gasteiger partial charge in [-0.15, -0.1) is 0 Å². The molecule has 10 unspecified atom stereocenters. The highest BCUT2D eigenvalue weighted by molar-refractivity contribution is 5.87. The maximum absolute atomic E-state index is 15.6. The van der Waals surface area contributed by atoms with Crippen molar-refractivity contribution in [3.8, 4) is 0 Å². The lowest BCUT2D eigenvalue weighted by molar-refractivity contribution is -0.0889. The maximum atomic E-state index is 15.6. The summed E-state index contributed by atoms with van der Waals surface area (Å²) in [4.78, 5) is 26.4. The van der Waals surface area contributed by atoms with Crippen LogP contribution in [0.3, 0.4) is 0 Å². The van der Waals surface area contributed by atoms with Crippen LogP contribution in [-0.4, -0.2) is 101 Å². The topological polar surface area (TPSA) is 237 Å². The van der Waals surface area contributed by atoms with Gasteiger partial charge in [0.05, 0.1) is 77.8 Å². The van der Waals surface area contributed by atoms with Crippen LogP contribution in [0.25, 0.3) is 38.7 Å². The van der Waals surface area contributed by atoms with E-state index in [1.165, 1.54) is 18.9 Å². The molecule has 2 aliphatic carbocycles. The molecule has 63 heavy (non-hydrogen) atoms. The van der Waals surface area contributed by atoms with E-state index in [1.54, 1.807) is 23.0 Å². The number of ether oxygens (including phenoxy) is 3. The number of aliphatic hydroxyl groups is 3. The summed E-state index contributed by atoms with van der Waals surface area (Å²) in [6.07, 6.45) is 8.60. The first kappa shape index (κ1) is 38.6. The van der Waals surface area contributed by atoms with Crippen molar-refractivity contribution in [2.24, 2.45) is 10.8 Å². The van der Waals surface area contributed by atoms with Crippen LogP contribution in [0, 0.1) is 23.6 Å². The van der Waals surface area contributed by atoms with E-state index in [1.807, 2.05) is 63.4 Å². The van der Waals surface area contributed by atoms with E-state index in [9.17, 15) is 15.3 Å². The van der Waals surface area contributed by atoms with E-state index < -0.39 is 53.2 Å². The number of halogens is 1. The Labute approximate surface area is 357 Å². The molecule has 2 aliphatic heterocycles. The van der Waals surface area contributed by atoms with E-state index in [-0.39, 0.29) is 32.1 Å². The van der Waals surface area contributed by atoms with Crippen LogP contribution in [0.15, 0.2) is 80.2 Å². The number of fused-ring (bicyclic) bond motifs is 4. The molecule has 19 heteroatoms. The SMILES string of the molecule is Cc1cnc2cc(C3CC4(CO3)CC(n3ccc5c(N)ncnc53)C(OCn3cnc5cc(C6CC7(CO6)CC(n6ccc8c(N)ncnc86)C(O)C7O)ccc53)C4O)c(F)cn12. The maximum Gasteiger partial charge on any atom is 0.145 e. The fourth-order valence-corrected chi connectivity index (χ4v) is 11.2. The standard InChI is InChI=1S/C44H45FN12O6/c1-22-14-48-34-9-26(27(45)15-57(22)34)33-13-44(17-62-33)11-31(56-7-5-25-40(47)50-19-52-42(25)56)36(38(44)60)63-21-54-20-53-28-8-23(2-3-29(28)54)32-12-43(16-61-32)10-30(35(58)37(43)59)55-6-4-24-39(46)49-18-51-41(24)55/h2-9,14-15,18-20,30-33,35-38,58-60H,10-13,16-17,21H2,1H3,(H2,46,49,51)(H2,47,50,52). The van der Waals surface area contributed by atoms with E-state index in [0.717, 1.165) is 22.3 Å². The van der Waals surface area contributed by atoms with Gasteiger partial charge in [0.1, 0.15) is 66.0 Å². The number of anilines is 2. The molecule has 12 rings (SSSR count). The van der Waals surface area contributed by atoms with Crippen LogP contribution in [0.1, 0.15) is 66.8 Å². The van der Waals surface area contributed by atoms with Crippen LogP contribution >= 0.6 is 0 Å². The van der Waals surface area contributed by atoms with Crippen LogP contribution in [0.4, 0.5) is 16.0 Å². The molecule has 4 fully saturated rings. The molecule has 0 radical (unpaired) electrons. The number of benzene rings is 1. The summed E-state index contributed by atoms with van der Waals surface area (Å²) in [5.41, 5.74) is 16.4.